The molecule has 1 heterocycles. The van der Waals surface area contributed by atoms with Crippen LogP contribution in [0.4, 0.5) is 13.2 Å². The van der Waals surface area contributed by atoms with Crippen molar-refractivity contribution in [3.05, 3.63) is 35.5 Å². The molecule has 1 N–H and O–H groups in total. The summed E-state index contributed by atoms with van der Waals surface area (Å²) in [6.07, 6.45) is 8.05. The van der Waals surface area contributed by atoms with Gasteiger partial charge >= 0.3 is 6.18 Å². The van der Waals surface area contributed by atoms with Gasteiger partial charge < -0.3 is 10.2 Å². The Kier molecular flexibility index (Phi) is 6.92. The van der Waals surface area contributed by atoms with Gasteiger partial charge in [-0.15, -0.1) is 0 Å². The Morgan fingerprint density at radius 2 is 2.00 bits per heavy atom. The minimum atomic E-state index is -4.38. The highest BCUT2D eigenvalue weighted by Crippen LogP contribution is 2.46. The van der Waals surface area contributed by atoms with Gasteiger partial charge in [-0.05, 0) is 69.2 Å². The molecule has 0 bridgehead atoms. The number of carbonyl (C=O) groups is 1. The lowest BCUT2D eigenvalue weighted by Gasteiger charge is -2.36. The molecule has 1 saturated carbocycles. The van der Waals surface area contributed by atoms with E-state index in [4.69, 9.17) is 0 Å². The summed E-state index contributed by atoms with van der Waals surface area (Å²) in [5.74, 6) is 0.190. The molecule has 2 atom stereocenters. The van der Waals surface area contributed by atoms with Gasteiger partial charge in [0.05, 0.1) is 11.0 Å². The molecule has 6 heteroatoms. The highest BCUT2D eigenvalue weighted by atomic mass is 19.4. The number of halogens is 3. The van der Waals surface area contributed by atoms with Gasteiger partial charge in [-0.1, -0.05) is 38.5 Å². The summed E-state index contributed by atoms with van der Waals surface area (Å²) in [4.78, 5) is 15.8. The van der Waals surface area contributed by atoms with Crippen molar-refractivity contribution in [1.82, 2.24) is 10.2 Å². The van der Waals surface area contributed by atoms with Crippen LogP contribution in [0.1, 0.15) is 58.8 Å². The molecule has 0 spiro atoms. The highest BCUT2D eigenvalue weighted by molar-refractivity contribution is 5.83. The highest BCUT2D eigenvalue weighted by Gasteiger charge is 2.48. The third kappa shape index (κ3) is 5.14. The first-order valence-electron chi connectivity index (χ1n) is 10.9. The zero-order chi connectivity index (χ0) is 21.1. The largest absolute Gasteiger partial charge is 0.416 e. The standard InChI is InChI=1S/C23H33F3N2O/c1-17(2)22(11-10-20(15-22)28-12-6-3-7-13-28)21(29)27-16-18-8-4-5-9-19(14-18)23(24,25)26/h5,8-9,14,17,20H,3-4,6-7,10-13,15-16H2,1-2H3,(H,27,29). The van der Waals surface area contributed by atoms with E-state index < -0.39 is 17.2 Å². The van der Waals surface area contributed by atoms with E-state index in [1.165, 1.54) is 25.3 Å². The van der Waals surface area contributed by atoms with Crippen LogP contribution in [0.25, 0.3) is 0 Å². The smallest absolute Gasteiger partial charge is 0.352 e. The fraction of sp³-hybridized carbons (Fsp3) is 0.696. The maximum absolute atomic E-state index is 13.2. The van der Waals surface area contributed by atoms with Crippen molar-refractivity contribution in [2.45, 2.75) is 71.0 Å². The first-order chi connectivity index (χ1) is 13.7. The van der Waals surface area contributed by atoms with Crippen LogP contribution in [0, 0.1) is 11.3 Å². The van der Waals surface area contributed by atoms with Crippen LogP contribution in [0.15, 0.2) is 35.5 Å². The maximum atomic E-state index is 13.2. The van der Waals surface area contributed by atoms with E-state index in [-0.39, 0.29) is 18.4 Å². The van der Waals surface area contributed by atoms with E-state index in [1.807, 2.05) is 0 Å². The number of likely N-dealkylation sites (tertiary alicyclic amines) is 1. The Morgan fingerprint density at radius 3 is 2.66 bits per heavy atom. The molecule has 2 aliphatic carbocycles. The Labute approximate surface area is 172 Å². The number of amides is 1. The van der Waals surface area contributed by atoms with Gasteiger partial charge in [0, 0.05) is 12.6 Å². The summed E-state index contributed by atoms with van der Waals surface area (Å²) in [6, 6.07) is 0.446. The minimum absolute atomic E-state index is 0.00734. The monoisotopic (exact) mass is 410 g/mol. The lowest BCUT2D eigenvalue weighted by Crippen LogP contribution is -2.45. The van der Waals surface area contributed by atoms with Crippen LogP contribution in [0.5, 0.6) is 0 Å². The normalized spacial score (nSPS) is 28.8. The second-order valence-corrected chi connectivity index (χ2v) is 9.00. The molecule has 0 aromatic carbocycles. The van der Waals surface area contributed by atoms with Crippen LogP contribution in [-0.4, -0.2) is 42.7 Å². The first-order valence-corrected chi connectivity index (χ1v) is 10.9. The van der Waals surface area contributed by atoms with Gasteiger partial charge in [0.2, 0.25) is 5.91 Å². The number of carbonyl (C=O) groups excluding carboxylic acids is 1. The predicted molar refractivity (Wildman–Crippen MR) is 109 cm³/mol. The number of nitrogens with one attached hydrogen (secondary N) is 1. The van der Waals surface area contributed by atoms with E-state index in [2.05, 4.69) is 24.1 Å². The van der Waals surface area contributed by atoms with E-state index in [0.717, 1.165) is 44.5 Å². The lowest BCUT2D eigenvalue weighted by atomic mass is 9.74. The zero-order valence-corrected chi connectivity index (χ0v) is 17.5. The summed E-state index contributed by atoms with van der Waals surface area (Å²) in [5.41, 5.74) is -0.581. The number of rotatable bonds is 5. The molecule has 3 rings (SSSR count). The summed E-state index contributed by atoms with van der Waals surface area (Å²) in [7, 11) is 0. The molecule has 0 aromatic rings. The fourth-order valence-electron chi connectivity index (χ4n) is 5.02. The number of hydrogen-bond donors (Lipinski definition) is 1. The van der Waals surface area contributed by atoms with Gasteiger partial charge in [-0.3, -0.25) is 4.79 Å². The van der Waals surface area contributed by atoms with Gasteiger partial charge in [0.25, 0.3) is 0 Å². The van der Waals surface area contributed by atoms with Crippen molar-refractivity contribution in [2.75, 3.05) is 19.6 Å². The van der Waals surface area contributed by atoms with Crippen LogP contribution < -0.4 is 5.32 Å². The number of nitrogens with zero attached hydrogens (tertiary/aromatic N) is 1. The molecule has 1 aliphatic heterocycles. The molecule has 0 radical (unpaired) electrons. The van der Waals surface area contributed by atoms with Crippen LogP contribution in [-0.2, 0) is 4.79 Å². The summed E-state index contributed by atoms with van der Waals surface area (Å²) in [6.45, 7) is 6.56. The quantitative estimate of drug-likeness (QED) is 0.679. The van der Waals surface area contributed by atoms with Crippen molar-refractivity contribution in [3.63, 3.8) is 0 Å². The molecule has 1 saturated heterocycles. The Balaban J connectivity index is 1.65. The minimum Gasteiger partial charge on any atom is -0.352 e. The SMILES string of the molecule is CC(C)C1(C(=O)NCC2=CCC=CC(C(F)(F)F)=C2)CCC(N2CCCCC2)C1. The molecule has 3 aliphatic rings. The van der Waals surface area contributed by atoms with Crippen molar-refractivity contribution >= 4 is 5.91 Å². The number of alkyl halides is 3. The lowest BCUT2D eigenvalue weighted by molar-refractivity contribution is -0.133. The summed E-state index contributed by atoms with van der Waals surface area (Å²) < 4.78 is 39.3. The average molecular weight is 411 g/mol. The Hall–Kier alpha value is -1.56. The van der Waals surface area contributed by atoms with Gasteiger partial charge in [0.15, 0.2) is 0 Å². The molecular weight excluding hydrogens is 377 g/mol. The fourth-order valence-corrected chi connectivity index (χ4v) is 5.02. The molecular formula is C23H33F3N2O. The van der Waals surface area contributed by atoms with E-state index in [9.17, 15) is 18.0 Å². The van der Waals surface area contributed by atoms with E-state index in [1.54, 1.807) is 6.08 Å². The molecule has 162 valence electrons. The second kappa shape index (κ2) is 9.07. The molecule has 2 fully saturated rings. The van der Waals surface area contributed by atoms with Crippen LogP contribution in [0.2, 0.25) is 0 Å². The van der Waals surface area contributed by atoms with E-state index in [0.29, 0.717) is 18.0 Å². The van der Waals surface area contributed by atoms with Gasteiger partial charge in [-0.25, -0.2) is 0 Å². The van der Waals surface area contributed by atoms with Gasteiger partial charge in [0.1, 0.15) is 0 Å². The topological polar surface area (TPSA) is 32.3 Å². The van der Waals surface area contributed by atoms with Crippen molar-refractivity contribution in [2.24, 2.45) is 11.3 Å². The van der Waals surface area contributed by atoms with Crippen molar-refractivity contribution in [1.29, 1.82) is 0 Å². The molecule has 29 heavy (non-hydrogen) atoms. The second-order valence-electron chi connectivity index (χ2n) is 9.00. The molecule has 2 unspecified atom stereocenters. The van der Waals surface area contributed by atoms with Crippen LogP contribution >= 0.6 is 0 Å². The Bertz CT molecular complexity index is 687. The molecule has 3 nitrogen and oxygen atoms in total. The zero-order valence-electron chi connectivity index (χ0n) is 17.5. The Morgan fingerprint density at radius 1 is 1.28 bits per heavy atom. The van der Waals surface area contributed by atoms with Crippen LogP contribution in [0.3, 0.4) is 0 Å². The average Bonchev–Trinajstić information content (AvgIpc) is 3.00. The maximum Gasteiger partial charge on any atom is 0.416 e. The number of hydrogen-bond acceptors (Lipinski definition) is 2. The van der Waals surface area contributed by atoms with Gasteiger partial charge in [-0.2, -0.15) is 13.2 Å². The van der Waals surface area contributed by atoms with E-state index >= 15 is 0 Å². The van der Waals surface area contributed by atoms with Crippen molar-refractivity contribution in [3.8, 4) is 0 Å². The predicted octanol–water partition coefficient (Wildman–Crippen LogP) is 5.16. The molecule has 1 amide bonds. The molecule has 0 aromatic heterocycles. The number of piperidine rings is 1. The third-order valence-corrected chi connectivity index (χ3v) is 6.92. The summed E-state index contributed by atoms with van der Waals surface area (Å²) in [5, 5.41) is 2.97. The first kappa shape index (κ1) is 22.1. The third-order valence-electron chi connectivity index (χ3n) is 6.92. The summed E-state index contributed by atoms with van der Waals surface area (Å²) >= 11 is 0. The van der Waals surface area contributed by atoms with Crippen molar-refractivity contribution < 1.29 is 18.0 Å². The number of allylic oxidation sites excluding steroid dienone is 4.